The third-order valence-corrected chi connectivity index (χ3v) is 3.59. The van der Waals surface area contributed by atoms with Crippen molar-refractivity contribution in [1.29, 1.82) is 0 Å². The molecule has 0 aliphatic heterocycles. The fourth-order valence-electron chi connectivity index (χ4n) is 2.49. The molecule has 0 unspecified atom stereocenters. The molecule has 0 saturated carbocycles. The molecular weight excluding hydrogens is 276 g/mol. The molecule has 0 aliphatic rings. The number of hydrogen-bond donors (Lipinski definition) is 0. The minimum atomic E-state index is 0.703. The minimum Gasteiger partial charge on any atom is -0.494 e. The van der Waals surface area contributed by atoms with Crippen LogP contribution in [-0.4, -0.2) is 20.8 Å². The second kappa shape index (κ2) is 8.32. The molecule has 0 bridgehead atoms. The van der Waals surface area contributed by atoms with Crippen LogP contribution in [0.1, 0.15) is 24.5 Å². The highest BCUT2D eigenvalue weighted by molar-refractivity contribution is 5.43. The van der Waals surface area contributed by atoms with E-state index in [1.807, 2.05) is 19.1 Å². The van der Waals surface area contributed by atoms with Crippen molar-refractivity contribution in [3.63, 3.8) is 0 Å². The van der Waals surface area contributed by atoms with Gasteiger partial charge in [0.25, 0.3) is 0 Å². The molecule has 0 saturated heterocycles. The third-order valence-electron chi connectivity index (χ3n) is 3.59. The maximum Gasteiger partial charge on any atom is 0.160 e. The van der Waals surface area contributed by atoms with Crippen molar-refractivity contribution in [1.82, 2.24) is 0 Å². The van der Waals surface area contributed by atoms with E-state index in [4.69, 9.17) is 14.2 Å². The number of rotatable bonds is 8. The molecule has 2 aromatic rings. The maximum atomic E-state index is 5.54. The zero-order valence-electron chi connectivity index (χ0n) is 13.6. The summed E-state index contributed by atoms with van der Waals surface area (Å²) in [4.78, 5) is 0. The van der Waals surface area contributed by atoms with Crippen LogP contribution < -0.4 is 14.2 Å². The molecule has 0 fully saturated rings. The first-order chi connectivity index (χ1) is 10.8. The Hall–Kier alpha value is -2.16. The Morgan fingerprint density at radius 2 is 1.55 bits per heavy atom. The zero-order valence-corrected chi connectivity index (χ0v) is 13.6. The van der Waals surface area contributed by atoms with Crippen molar-refractivity contribution in [2.75, 3.05) is 20.8 Å². The molecule has 3 heteroatoms. The molecule has 3 nitrogen and oxygen atoms in total. The van der Waals surface area contributed by atoms with Gasteiger partial charge in [0.05, 0.1) is 20.8 Å². The molecule has 0 spiro atoms. The van der Waals surface area contributed by atoms with Gasteiger partial charge in [0.2, 0.25) is 0 Å². The highest BCUT2D eigenvalue weighted by atomic mass is 16.5. The lowest BCUT2D eigenvalue weighted by Gasteiger charge is -2.10. The van der Waals surface area contributed by atoms with Crippen LogP contribution in [0.15, 0.2) is 42.5 Å². The summed E-state index contributed by atoms with van der Waals surface area (Å²) in [6, 6.07) is 14.4. The number of hydrogen-bond acceptors (Lipinski definition) is 3. The Balaban J connectivity index is 1.92. The third kappa shape index (κ3) is 4.42. The van der Waals surface area contributed by atoms with E-state index in [1.54, 1.807) is 14.2 Å². The fourth-order valence-corrected chi connectivity index (χ4v) is 2.49. The van der Waals surface area contributed by atoms with Gasteiger partial charge in [0, 0.05) is 0 Å². The van der Waals surface area contributed by atoms with Gasteiger partial charge in [-0.05, 0) is 61.6 Å². The summed E-state index contributed by atoms with van der Waals surface area (Å²) in [5.74, 6) is 2.51. The first-order valence-corrected chi connectivity index (χ1v) is 7.69. The molecule has 0 amide bonds. The van der Waals surface area contributed by atoms with E-state index in [0.29, 0.717) is 6.61 Å². The second-order valence-electron chi connectivity index (χ2n) is 5.12. The normalized spacial score (nSPS) is 10.3. The molecule has 118 valence electrons. The Labute approximate surface area is 132 Å². The van der Waals surface area contributed by atoms with Crippen molar-refractivity contribution in [3.05, 3.63) is 53.6 Å². The molecule has 0 heterocycles. The first kappa shape index (κ1) is 16.2. The highest BCUT2D eigenvalue weighted by Gasteiger charge is 2.05. The molecule has 22 heavy (non-hydrogen) atoms. The molecule has 0 atom stereocenters. The summed E-state index contributed by atoms with van der Waals surface area (Å²) >= 11 is 0. The molecule has 2 aromatic carbocycles. The molecule has 0 radical (unpaired) electrons. The topological polar surface area (TPSA) is 27.7 Å². The molecule has 2 rings (SSSR count). The van der Waals surface area contributed by atoms with Gasteiger partial charge < -0.3 is 14.2 Å². The summed E-state index contributed by atoms with van der Waals surface area (Å²) in [6.45, 7) is 2.71. The predicted octanol–water partition coefficient (Wildman–Crippen LogP) is 4.28. The van der Waals surface area contributed by atoms with Gasteiger partial charge in [0.1, 0.15) is 5.75 Å². The van der Waals surface area contributed by atoms with Crippen LogP contribution in [0.4, 0.5) is 0 Å². The summed E-state index contributed by atoms with van der Waals surface area (Å²) < 4.78 is 16.1. The van der Waals surface area contributed by atoms with Crippen molar-refractivity contribution in [2.24, 2.45) is 0 Å². The minimum absolute atomic E-state index is 0.703. The largest absolute Gasteiger partial charge is 0.494 e. The number of aryl methyl sites for hydroxylation is 2. The maximum absolute atomic E-state index is 5.54. The summed E-state index contributed by atoms with van der Waals surface area (Å²) in [6.07, 6.45) is 3.14. The van der Waals surface area contributed by atoms with Gasteiger partial charge in [-0.15, -0.1) is 0 Å². The number of methoxy groups -OCH3 is 2. The standard InChI is InChI=1S/C19H24O3/c1-4-22-17-10-6-9-15(13-17)7-5-8-16-11-12-18(20-2)19(14-16)21-3/h6,9-14H,4-5,7-8H2,1-3H3. The smallest absolute Gasteiger partial charge is 0.160 e. The van der Waals surface area contributed by atoms with Gasteiger partial charge in [-0.25, -0.2) is 0 Å². The molecule has 0 N–H and O–H groups in total. The average molecular weight is 300 g/mol. The SMILES string of the molecule is CCOc1cccc(CCCc2ccc(OC)c(OC)c2)c1. The van der Waals surface area contributed by atoms with E-state index in [9.17, 15) is 0 Å². The van der Waals surface area contributed by atoms with Gasteiger partial charge >= 0.3 is 0 Å². The van der Waals surface area contributed by atoms with E-state index in [1.165, 1.54) is 11.1 Å². The average Bonchev–Trinajstić information content (AvgIpc) is 2.55. The van der Waals surface area contributed by atoms with Crippen molar-refractivity contribution < 1.29 is 14.2 Å². The lowest BCUT2D eigenvalue weighted by molar-refractivity contribution is 0.340. The zero-order chi connectivity index (χ0) is 15.8. The molecular formula is C19H24O3. The lowest BCUT2D eigenvalue weighted by Crippen LogP contribution is -1.95. The summed E-state index contributed by atoms with van der Waals surface area (Å²) in [5, 5.41) is 0. The first-order valence-electron chi connectivity index (χ1n) is 7.69. The van der Waals surface area contributed by atoms with Crippen LogP contribution in [0.3, 0.4) is 0 Å². The van der Waals surface area contributed by atoms with Gasteiger partial charge in [-0.2, -0.15) is 0 Å². The predicted molar refractivity (Wildman–Crippen MR) is 89.2 cm³/mol. The fraction of sp³-hybridized carbons (Fsp3) is 0.368. The van der Waals surface area contributed by atoms with Crippen LogP contribution in [-0.2, 0) is 12.8 Å². The molecule has 0 aliphatic carbocycles. The van der Waals surface area contributed by atoms with Gasteiger partial charge in [0.15, 0.2) is 11.5 Å². The number of ether oxygens (including phenoxy) is 3. The van der Waals surface area contributed by atoms with Crippen molar-refractivity contribution >= 4 is 0 Å². The summed E-state index contributed by atoms with van der Waals surface area (Å²) in [5.41, 5.74) is 2.57. The highest BCUT2D eigenvalue weighted by Crippen LogP contribution is 2.28. The van der Waals surface area contributed by atoms with Gasteiger partial charge in [-0.1, -0.05) is 18.2 Å². The summed E-state index contributed by atoms with van der Waals surface area (Å²) in [7, 11) is 3.32. The van der Waals surface area contributed by atoms with Crippen LogP contribution >= 0.6 is 0 Å². The van der Waals surface area contributed by atoms with E-state index >= 15 is 0 Å². The Kier molecular flexibility index (Phi) is 6.13. The van der Waals surface area contributed by atoms with E-state index in [-0.39, 0.29) is 0 Å². The Bertz CT molecular complexity index is 593. The monoisotopic (exact) mass is 300 g/mol. The Morgan fingerprint density at radius 3 is 2.23 bits per heavy atom. The van der Waals surface area contributed by atoms with E-state index in [0.717, 1.165) is 36.5 Å². The molecule has 0 aromatic heterocycles. The van der Waals surface area contributed by atoms with Crippen molar-refractivity contribution in [3.8, 4) is 17.2 Å². The quantitative estimate of drug-likeness (QED) is 0.728. The van der Waals surface area contributed by atoms with Crippen LogP contribution in [0.2, 0.25) is 0 Å². The van der Waals surface area contributed by atoms with Gasteiger partial charge in [-0.3, -0.25) is 0 Å². The van der Waals surface area contributed by atoms with E-state index in [2.05, 4.69) is 30.3 Å². The van der Waals surface area contributed by atoms with E-state index < -0.39 is 0 Å². The Morgan fingerprint density at radius 1 is 0.818 bits per heavy atom. The van der Waals surface area contributed by atoms with Crippen molar-refractivity contribution in [2.45, 2.75) is 26.2 Å². The van der Waals surface area contributed by atoms with Crippen LogP contribution in [0, 0.1) is 0 Å². The van der Waals surface area contributed by atoms with Crippen LogP contribution in [0.5, 0.6) is 17.2 Å². The second-order valence-corrected chi connectivity index (χ2v) is 5.12. The number of benzene rings is 2. The van der Waals surface area contributed by atoms with Crippen LogP contribution in [0.25, 0.3) is 0 Å². The lowest BCUT2D eigenvalue weighted by atomic mass is 10.0.